The van der Waals surface area contributed by atoms with E-state index in [1.807, 2.05) is 65.6 Å². The molecule has 10 nitrogen and oxygen atoms in total. The van der Waals surface area contributed by atoms with Gasteiger partial charge in [-0.05, 0) is 47.1 Å². The van der Waals surface area contributed by atoms with Crippen LogP contribution in [0.25, 0.3) is 11.0 Å². The second kappa shape index (κ2) is 12.7. The van der Waals surface area contributed by atoms with Crippen LogP contribution >= 0.6 is 0 Å². The summed E-state index contributed by atoms with van der Waals surface area (Å²) in [5, 5.41) is 17.7. The van der Waals surface area contributed by atoms with E-state index in [1.165, 1.54) is 0 Å². The molecule has 4 heterocycles. The molecule has 47 heavy (non-hydrogen) atoms. The van der Waals surface area contributed by atoms with E-state index >= 15 is 0 Å². The van der Waals surface area contributed by atoms with Crippen molar-refractivity contribution >= 4 is 28.7 Å². The van der Waals surface area contributed by atoms with Gasteiger partial charge in [0.15, 0.2) is 0 Å². The van der Waals surface area contributed by atoms with Crippen molar-refractivity contribution < 1.29 is 19.4 Å². The average molecular weight is 637 g/mol. The maximum Gasteiger partial charge on any atom is 0.407 e. The molecule has 0 bridgehead atoms. The Morgan fingerprint density at radius 1 is 1.04 bits per heavy atom. The lowest BCUT2D eigenvalue weighted by Gasteiger charge is -2.49. The van der Waals surface area contributed by atoms with Gasteiger partial charge in [-0.2, -0.15) is 0 Å². The SMILES string of the molecule is CC(C)(C)C1C(NC2c3ccccc3N(Cc3ccccc3)C(=O)C2c2nc3c(C4COCCN4)cccc3[nH]2)CCCN1C(=O)O. The van der Waals surface area contributed by atoms with E-state index in [-0.39, 0.29) is 29.4 Å². The van der Waals surface area contributed by atoms with Crippen LogP contribution in [0.3, 0.4) is 0 Å². The first-order valence-corrected chi connectivity index (χ1v) is 16.7. The Bertz CT molecular complexity index is 1740. The molecule has 2 fully saturated rings. The van der Waals surface area contributed by atoms with Crippen LogP contribution in [0, 0.1) is 5.41 Å². The third-order valence-corrected chi connectivity index (χ3v) is 9.92. The summed E-state index contributed by atoms with van der Waals surface area (Å²) in [5.74, 6) is -0.134. The van der Waals surface area contributed by atoms with Crippen molar-refractivity contribution in [2.24, 2.45) is 5.41 Å². The Morgan fingerprint density at radius 2 is 1.81 bits per heavy atom. The van der Waals surface area contributed by atoms with Crippen molar-refractivity contribution in [2.75, 3.05) is 31.2 Å². The number of anilines is 1. The Labute approximate surface area is 275 Å². The number of amides is 2. The molecule has 2 saturated heterocycles. The third kappa shape index (κ3) is 6.01. The number of benzene rings is 3. The van der Waals surface area contributed by atoms with Crippen LogP contribution in [0.1, 0.15) is 74.1 Å². The number of hydrogen-bond donors (Lipinski definition) is 4. The number of H-pyrrole nitrogens is 1. The van der Waals surface area contributed by atoms with Gasteiger partial charge in [0, 0.05) is 24.8 Å². The van der Waals surface area contributed by atoms with Crippen molar-refractivity contribution in [3.8, 4) is 0 Å². The Kier molecular flexibility index (Phi) is 8.50. The van der Waals surface area contributed by atoms with Crippen molar-refractivity contribution in [2.45, 2.75) is 70.2 Å². The molecular weight excluding hydrogens is 592 g/mol. The number of carbonyl (C=O) groups is 2. The summed E-state index contributed by atoms with van der Waals surface area (Å²) in [7, 11) is 0. The number of likely N-dealkylation sites (tertiary alicyclic amines) is 1. The van der Waals surface area contributed by atoms with Crippen molar-refractivity contribution in [1.82, 2.24) is 25.5 Å². The number of carbonyl (C=O) groups excluding carboxylic acids is 1. The van der Waals surface area contributed by atoms with E-state index in [0.717, 1.165) is 52.8 Å². The fourth-order valence-electron chi connectivity index (χ4n) is 7.95. The van der Waals surface area contributed by atoms with Crippen LogP contribution in [0.2, 0.25) is 0 Å². The van der Waals surface area contributed by atoms with Gasteiger partial charge in [0.05, 0.1) is 48.9 Å². The van der Waals surface area contributed by atoms with Gasteiger partial charge in [-0.15, -0.1) is 0 Å². The van der Waals surface area contributed by atoms with Crippen LogP contribution in [-0.2, 0) is 16.1 Å². The number of imidazole rings is 1. The minimum atomic E-state index is -0.910. The first kappa shape index (κ1) is 31.4. The number of nitrogens with one attached hydrogen (secondary N) is 3. The maximum atomic E-state index is 14.9. The summed E-state index contributed by atoms with van der Waals surface area (Å²) in [6, 6.07) is 23.3. The van der Waals surface area contributed by atoms with E-state index in [1.54, 1.807) is 4.90 Å². The number of rotatable bonds is 6. The number of carboxylic acid groups (broad SMARTS) is 1. The molecule has 0 radical (unpaired) electrons. The molecule has 0 spiro atoms. The average Bonchev–Trinajstić information content (AvgIpc) is 3.51. The number of fused-ring (bicyclic) bond motifs is 2. The molecule has 7 rings (SSSR count). The zero-order valence-corrected chi connectivity index (χ0v) is 27.3. The molecule has 3 aliphatic heterocycles. The lowest BCUT2D eigenvalue weighted by atomic mass is 9.76. The highest BCUT2D eigenvalue weighted by molar-refractivity contribution is 6.02. The van der Waals surface area contributed by atoms with E-state index in [0.29, 0.717) is 32.1 Å². The highest BCUT2D eigenvalue weighted by Gasteiger charge is 2.48. The number of aromatic amines is 1. The van der Waals surface area contributed by atoms with E-state index in [2.05, 4.69) is 48.5 Å². The summed E-state index contributed by atoms with van der Waals surface area (Å²) in [6.45, 7) is 9.20. The minimum absolute atomic E-state index is 0.00617. The van der Waals surface area contributed by atoms with Gasteiger partial charge in [-0.1, -0.05) is 81.4 Å². The number of aromatic nitrogens is 2. The second-order valence-electron chi connectivity index (χ2n) is 14.1. The van der Waals surface area contributed by atoms with Crippen LogP contribution < -0.4 is 15.5 Å². The van der Waals surface area contributed by atoms with Gasteiger partial charge < -0.3 is 35.3 Å². The van der Waals surface area contributed by atoms with Crippen molar-refractivity contribution in [1.29, 1.82) is 0 Å². The Morgan fingerprint density at radius 3 is 2.55 bits per heavy atom. The van der Waals surface area contributed by atoms with Crippen LogP contribution in [-0.4, -0.2) is 70.4 Å². The fourth-order valence-corrected chi connectivity index (χ4v) is 7.95. The highest BCUT2D eigenvalue weighted by atomic mass is 16.5. The largest absolute Gasteiger partial charge is 0.465 e. The summed E-state index contributed by atoms with van der Waals surface area (Å²) >= 11 is 0. The van der Waals surface area contributed by atoms with Crippen molar-refractivity contribution in [3.63, 3.8) is 0 Å². The van der Waals surface area contributed by atoms with Gasteiger partial charge in [0.1, 0.15) is 11.7 Å². The van der Waals surface area contributed by atoms with Gasteiger partial charge in [-0.25, -0.2) is 9.78 Å². The first-order chi connectivity index (χ1) is 22.7. The predicted octanol–water partition coefficient (Wildman–Crippen LogP) is 5.74. The molecule has 3 aromatic carbocycles. The molecule has 4 aromatic rings. The van der Waals surface area contributed by atoms with Gasteiger partial charge in [0.25, 0.3) is 0 Å². The lowest BCUT2D eigenvalue weighted by molar-refractivity contribution is -0.121. The molecule has 1 aromatic heterocycles. The van der Waals surface area contributed by atoms with Gasteiger partial charge >= 0.3 is 6.09 Å². The quantitative estimate of drug-likeness (QED) is 0.213. The summed E-state index contributed by atoms with van der Waals surface area (Å²) < 4.78 is 5.78. The van der Waals surface area contributed by atoms with Crippen LogP contribution in [0.5, 0.6) is 0 Å². The first-order valence-electron chi connectivity index (χ1n) is 16.7. The summed E-state index contributed by atoms with van der Waals surface area (Å²) in [4.78, 5) is 39.6. The lowest BCUT2D eigenvalue weighted by Crippen LogP contribution is -2.62. The molecule has 2 amide bonds. The van der Waals surface area contributed by atoms with Crippen LogP contribution in [0.15, 0.2) is 72.8 Å². The van der Waals surface area contributed by atoms with Crippen molar-refractivity contribution in [3.05, 3.63) is 95.3 Å². The summed E-state index contributed by atoms with van der Waals surface area (Å²) in [5.41, 5.74) is 5.29. The van der Waals surface area contributed by atoms with Gasteiger partial charge in [0.2, 0.25) is 5.91 Å². The fraction of sp³-hybridized carbons (Fsp3) is 0.432. The monoisotopic (exact) mass is 636 g/mol. The predicted molar refractivity (Wildman–Crippen MR) is 181 cm³/mol. The van der Waals surface area contributed by atoms with E-state index in [4.69, 9.17) is 9.72 Å². The second-order valence-corrected chi connectivity index (χ2v) is 14.1. The molecule has 10 heteroatoms. The number of morpholine rings is 1. The highest BCUT2D eigenvalue weighted by Crippen LogP contribution is 2.45. The molecule has 4 N–H and O–H groups in total. The number of hydrogen-bond acceptors (Lipinski definition) is 6. The van der Waals surface area contributed by atoms with Gasteiger partial charge in [-0.3, -0.25) is 4.79 Å². The zero-order chi connectivity index (χ0) is 32.7. The molecule has 3 aliphatic rings. The normalized spacial score (nSPS) is 25.2. The van der Waals surface area contributed by atoms with E-state index < -0.39 is 18.1 Å². The molecule has 5 unspecified atom stereocenters. The number of nitrogens with zero attached hydrogens (tertiary/aromatic N) is 3. The number of ether oxygens (including phenoxy) is 1. The third-order valence-electron chi connectivity index (χ3n) is 9.92. The maximum absolute atomic E-state index is 14.9. The summed E-state index contributed by atoms with van der Waals surface area (Å²) in [6.07, 6.45) is 0.636. The van der Waals surface area contributed by atoms with Crippen LogP contribution in [0.4, 0.5) is 10.5 Å². The van der Waals surface area contributed by atoms with E-state index in [9.17, 15) is 14.7 Å². The molecule has 0 saturated carbocycles. The Balaban J connectivity index is 1.35. The number of piperidine rings is 1. The number of para-hydroxylation sites is 2. The minimum Gasteiger partial charge on any atom is -0.465 e. The smallest absolute Gasteiger partial charge is 0.407 e. The molecule has 0 aliphatic carbocycles. The molecular formula is C37H44N6O4. The molecule has 246 valence electrons. The zero-order valence-electron chi connectivity index (χ0n) is 27.3. The standard InChI is InChI=1S/C37H44N6O4/c1-37(2,3)33-27(16-10-19-42(33)36(45)46)39-32-25-13-7-8-17-29(25)43(21-23-11-5-4-6-12-23)35(44)30(32)34-40-26-15-9-14-24(31(26)41-34)28-22-47-20-18-38-28/h4-9,11-15,17,27-28,30,32-33,38-39H,10,16,18-22H2,1-3H3,(H,40,41)(H,45,46). The molecule has 5 atom stereocenters. The topological polar surface area (TPSA) is 123 Å². The Hall–Kier alpha value is -4.25.